The number of Topliss-reactive ketones (excluding diaryl/α,β-unsaturated/α-hetero) is 2. The number of esters is 2. The molecule has 2 saturated heterocycles. The second-order valence-corrected chi connectivity index (χ2v) is 22.0. The molecule has 8 atom stereocenters. The summed E-state index contributed by atoms with van der Waals surface area (Å²) in [6.45, 7) is 3.60. The summed E-state index contributed by atoms with van der Waals surface area (Å²) in [4.78, 5) is 60.7. The highest BCUT2D eigenvalue weighted by molar-refractivity contribution is 7.12. The number of rotatable bonds is 12. The number of carbonyl (C=O) groups is 4. The number of piperidine rings is 2. The van der Waals surface area contributed by atoms with Crippen LogP contribution in [0.2, 0.25) is 0 Å². The van der Waals surface area contributed by atoms with E-state index in [1.807, 2.05) is 24.3 Å². The van der Waals surface area contributed by atoms with E-state index >= 15 is 0 Å². The molecule has 63 heavy (non-hydrogen) atoms. The zero-order chi connectivity index (χ0) is 42.6. The van der Waals surface area contributed by atoms with Crippen molar-refractivity contribution in [2.75, 3.05) is 26.2 Å². The fraction of sp³-hybridized carbons (Fsp3) is 0.600. The van der Waals surface area contributed by atoms with Gasteiger partial charge in [0.25, 0.3) is 0 Å². The van der Waals surface area contributed by atoms with Gasteiger partial charge in [-0.2, -0.15) is 0 Å². The largest absolute Gasteiger partial charge is 0.477 e. The molecule has 6 aliphatic carbocycles. The van der Waals surface area contributed by atoms with Crippen LogP contribution in [0.25, 0.3) is 0 Å². The van der Waals surface area contributed by atoms with E-state index in [-0.39, 0.29) is 49.3 Å². The molecule has 2 spiro atoms. The van der Waals surface area contributed by atoms with Gasteiger partial charge in [-0.05, 0) is 137 Å². The number of aliphatic hydroxyl groups is 2. The third-order valence-electron chi connectivity index (χ3n) is 17.4. The second kappa shape index (κ2) is 13.7. The molecule has 12 nitrogen and oxygen atoms in total. The maximum Gasteiger partial charge on any atom is 0.311 e. The van der Waals surface area contributed by atoms with Crippen LogP contribution in [0.15, 0.2) is 36.4 Å². The van der Waals surface area contributed by atoms with Crippen molar-refractivity contribution in [3.8, 4) is 23.0 Å². The first-order chi connectivity index (χ1) is 30.5. The fourth-order valence-corrected chi connectivity index (χ4v) is 15.2. The van der Waals surface area contributed by atoms with Crippen molar-refractivity contribution in [3.63, 3.8) is 0 Å². The summed E-state index contributed by atoms with van der Waals surface area (Å²) in [5.74, 6) is 2.10. The van der Waals surface area contributed by atoms with E-state index in [1.54, 1.807) is 23.5 Å². The van der Waals surface area contributed by atoms with Crippen molar-refractivity contribution >= 4 is 34.8 Å². The zero-order valence-electron chi connectivity index (χ0n) is 35.5. The minimum Gasteiger partial charge on any atom is -0.477 e. The van der Waals surface area contributed by atoms with Crippen LogP contribution in [0.5, 0.6) is 23.0 Å². The number of ketones is 2. The molecular formula is C50H54N2O10S. The van der Waals surface area contributed by atoms with Gasteiger partial charge in [0.05, 0.1) is 34.9 Å². The van der Waals surface area contributed by atoms with E-state index in [0.717, 1.165) is 58.2 Å². The average molecular weight is 875 g/mol. The molecule has 0 amide bonds. The number of likely N-dealkylation sites (tertiary alicyclic amines) is 2. The monoisotopic (exact) mass is 874 g/mol. The molecule has 5 heterocycles. The van der Waals surface area contributed by atoms with Crippen molar-refractivity contribution in [1.82, 2.24) is 9.80 Å². The molecule has 6 fully saturated rings. The SMILES string of the molecule is O=C(CCc1ccc(CCC(=O)Oc2ccc3c4c2O[C@H]2C(=O)CC[C@@]5(O)[C@@H](C3)N(CC3CC3)CC[C@]425)s1)Oc1ccc2c3c1O[C@H]1C(=O)CC[C@@]4(O)[C@@H](C2)N(CC2CC2)CC[C@]314. The van der Waals surface area contributed by atoms with Crippen molar-refractivity contribution in [3.05, 3.63) is 68.4 Å². The predicted molar refractivity (Wildman–Crippen MR) is 228 cm³/mol. The lowest BCUT2D eigenvalue weighted by atomic mass is 9.49. The van der Waals surface area contributed by atoms with Gasteiger partial charge in [-0.3, -0.25) is 29.0 Å². The Morgan fingerprint density at radius 3 is 1.52 bits per heavy atom. The Morgan fingerprint density at radius 1 is 0.651 bits per heavy atom. The highest BCUT2D eigenvalue weighted by Gasteiger charge is 2.75. The van der Waals surface area contributed by atoms with Crippen LogP contribution < -0.4 is 18.9 Å². The second-order valence-electron chi connectivity index (χ2n) is 20.7. The van der Waals surface area contributed by atoms with Crippen LogP contribution in [0.1, 0.15) is 109 Å². The molecule has 4 saturated carbocycles. The highest BCUT2D eigenvalue weighted by Crippen LogP contribution is 2.67. The lowest BCUT2D eigenvalue weighted by molar-refractivity contribution is -0.188. The first kappa shape index (κ1) is 39.2. The van der Waals surface area contributed by atoms with Gasteiger partial charge in [0.2, 0.25) is 0 Å². The molecule has 2 N–H and O–H groups in total. The van der Waals surface area contributed by atoms with Crippen molar-refractivity contribution in [2.24, 2.45) is 11.8 Å². The van der Waals surface area contributed by atoms with Crippen molar-refractivity contribution < 1.29 is 48.3 Å². The molecular weight excluding hydrogens is 821 g/mol. The summed E-state index contributed by atoms with van der Waals surface area (Å²) in [5, 5.41) is 25.2. The number of ether oxygens (including phenoxy) is 4. The first-order valence-electron chi connectivity index (χ1n) is 23.6. The number of nitrogens with zero attached hydrogens (tertiary/aromatic N) is 2. The summed E-state index contributed by atoms with van der Waals surface area (Å²) < 4.78 is 25.0. The molecule has 2 aromatic carbocycles. The number of aryl methyl sites for hydroxylation is 2. The number of hydrogen-bond donors (Lipinski definition) is 2. The fourth-order valence-electron chi connectivity index (χ4n) is 14.2. The number of carbonyl (C=O) groups excluding carboxylic acids is 4. The lowest BCUT2D eigenvalue weighted by Crippen LogP contribution is -2.76. The van der Waals surface area contributed by atoms with Crippen LogP contribution >= 0.6 is 11.3 Å². The molecule has 4 aliphatic heterocycles. The Kier molecular flexibility index (Phi) is 8.53. The van der Waals surface area contributed by atoms with Crippen LogP contribution in [-0.4, -0.2) is 105 Å². The molecule has 1 aromatic heterocycles. The van der Waals surface area contributed by atoms with E-state index in [4.69, 9.17) is 18.9 Å². The molecule has 13 rings (SSSR count). The highest BCUT2D eigenvalue weighted by atomic mass is 32.1. The van der Waals surface area contributed by atoms with Gasteiger partial charge in [0.15, 0.2) is 46.8 Å². The third-order valence-corrected chi connectivity index (χ3v) is 18.6. The molecule has 13 heteroatoms. The molecule has 0 radical (unpaired) electrons. The van der Waals surface area contributed by atoms with Crippen molar-refractivity contribution in [2.45, 2.75) is 149 Å². The summed E-state index contributed by atoms with van der Waals surface area (Å²) in [6.07, 6.45) is 8.63. The lowest BCUT2D eigenvalue weighted by Gasteiger charge is -2.62. The van der Waals surface area contributed by atoms with Gasteiger partial charge >= 0.3 is 11.9 Å². The van der Waals surface area contributed by atoms with E-state index in [9.17, 15) is 29.4 Å². The van der Waals surface area contributed by atoms with Gasteiger partial charge < -0.3 is 29.2 Å². The Balaban J connectivity index is 0.662. The average Bonchev–Trinajstić information content (AvgIpc) is 4.15. The smallest absolute Gasteiger partial charge is 0.311 e. The maximum atomic E-state index is 13.5. The molecule has 330 valence electrons. The Labute approximate surface area is 370 Å². The van der Waals surface area contributed by atoms with Crippen LogP contribution in [0.4, 0.5) is 0 Å². The number of thiophene rings is 1. The van der Waals surface area contributed by atoms with E-state index in [0.29, 0.717) is 86.2 Å². The van der Waals surface area contributed by atoms with E-state index in [1.165, 1.54) is 25.7 Å². The topological polar surface area (TPSA) is 152 Å². The Morgan fingerprint density at radius 2 is 1.10 bits per heavy atom. The minimum atomic E-state index is -1.08. The van der Waals surface area contributed by atoms with Crippen LogP contribution in [0.3, 0.4) is 0 Å². The molecule has 0 unspecified atom stereocenters. The molecule has 4 bridgehead atoms. The summed E-state index contributed by atoms with van der Waals surface area (Å²) in [5.41, 5.74) is 0.0852. The Hall–Kier alpha value is -4.14. The van der Waals surface area contributed by atoms with Crippen LogP contribution in [0, 0.1) is 11.8 Å². The van der Waals surface area contributed by atoms with Gasteiger partial charge in [0, 0.05) is 58.9 Å². The summed E-state index contributed by atoms with van der Waals surface area (Å²) in [6, 6.07) is 11.4. The zero-order valence-corrected chi connectivity index (χ0v) is 36.3. The normalized spacial score (nSPS) is 35.4. The van der Waals surface area contributed by atoms with Gasteiger partial charge in [0.1, 0.15) is 0 Å². The van der Waals surface area contributed by atoms with Gasteiger partial charge in [-0.25, -0.2) is 0 Å². The number of benzene rings is 2. The number of hydrogen-bond acceptors (Lipinski definition) is 13. The van der Waals surface area contributed by atoms with Crippen LogP contribution in [-0.2, 0) is 55.7 Å². The summed E-state index contributed by atoms with van der Waals surface area (Å²) >= 11 is 1.55. The van der Waals surface area contributed by atoms with E-state index < -0.39 is 46.2 Å². The van der Waals surface area contributed by atoms with Gasteiger partial charge in [-0.15, -0.1) is 11.3 Å². The predicted octanol–water partition coefficient (Wildman–Crippen LogP) is 5.09. The third kappa shape index (κ3) is 5.52. The first-order valence-corrected chi connectivity index (χ1v) is 24.4. The van der Waals surface area contributed by atoms with Gasteiger partial charge in [-0.1, -0.05) is 12.1 Å². The maximum absolute atomic E-state index is 13.5. The quantitative estimate of drug-likeness (QED) is 0.184. The summed E-state index contributed by atoms with van der Waals surface area (Å²) in [7, 11) is 0. The molecule has 10 aliphatic rings. The minimum absolute atomic E-state index is 0.00892. The standard InChI is InChI=1S/C50H54N2O10S/c53-33-15-17-49(57)37-23-29-5-11-35(43-41(29)47(49,45(33)61-43)19-21-51(37)25-27-1-2-27)59-39(55)13-9-31-7-8-32(63-31)10-14-40(56)60-36-12-6-30-24-38-50(58)18-16-34(54)46-48(50,42(30)44(36)62-46)20-22-52(38)26-28-3-4-28/h5-8,11-12,27-28,37-38,45-46,57-58H,1-4,9-10,13-26H2/t37-,38-,45+,46+,47+,48+,49-,50-/m1/s1. The Bertz CT molecular complexity index is 2340. The van der Waals surface area contributed by atoms with Crippen molar-refractivity contribution in [1.29, 1.82) is 0 Å². The molecule has 3 aromatic rings. The van der Waals surface area contributed by atoms with E-state index in [2.05, 4.69) is 9.80 Å².